The molecule has 2 aromatic carbocycles. The summed E-state index contributed by atoms with van der Waals surface area (Å²) in [6.07, 6.45) is 1.56. The summed E-state index contributed by atoms with van der Waals surface area (Å²) >= 11 is 0. The van der Waals surface area contributed by atoms with Crippen LogP contribution in [0.3, 0.4) is 0 Å². The number of amides is 1. The van der Waals surface area contributed by atoms with Crippen molar-refractivity contribution >= 4 is 17.8 Å². The molecule has 114 valence electrons. The number of oxime groups is 1. The number of anilines is 1. The maximum atomic E-state index is 13.0. The number of nitrogens with zero attached hydrogens (tertiary/aromatic N) is 2. The van der Waals surface area contributed by atoms with E-state index in [9.17, 15) is 9.18 Å². The molecule has 0 spiro atoms. The number of hydrogen-bond donors (Lipinski definition) is 0. The van der Waals surface area contributed by atoms with Gasteiger partial charge in [0.1, 0.15) is 12.9 Å². The van der Waals surface area contributed by atoms with Crippen molar-refractivity contribution in [3.63, 3.8) is 0 Å². The van der Waals surface area contributed by atoms with E-state index in [2.05, 4.69) is 9.99 Å². The molecule has 2 rings (SSSR count). The average molecular weight is 300 g/mol. The Bertz CT molecular complexity index is 651. The van der Waals surface area contributed by atoms with Gasteiger partial charge in [-0.15, -0.1) is 0 Å². The molecule has 2 aromatic rings. The van der Waals surface area contributed by atoms with E-state index < -0.39 is 0 Å². The number of carbonyl (C=O) groups excluding carboxylic acids is 1. The standard InChI is InChI=1S/C17H17FN2O2/c1-3-20(16-10-8-15(18)9-11-16)17(21)14-6-4-13(5-7-14)12-19-22-2/h4-12H,3H2,1-2H3/b19-12+. The van der Waals surface area contributed by atoms with Crippen LogP contribution in [0.1, 0.15) is 22.8 Å². The normalized spacial score (nSPS) is 10.7. The minimum absolute atomic E-state index is 0.135. The summed E-state index contributed by atoms with van der Waals surface area (Å²) < 4.78 is 13.0. The molecule has 0 saturated heterocycles. The first-order chi connectivity index (χ1) is 10.7. The lowest BCUT2D eigenvalue weighted by Gasteiger charge is -2.21. The van der Waals surface area contributed by atoms with Gasteiger partial charge < -0.3 is 9.74 Å². The Morgan fingerprint density at radius 1 is 1.18 bits per heavy atom. The lowest BCUT2D eigenvalue weighted by Crippen LogP contribution is -2.30. The second-order valence-corrected chi connectivity index (χ2v) is 4.56. The quantitative estimate of drug-likeness (QED) is 0.626. The topological polar surface area (TPSA) is 41.9 Å². The van der Waals surface area contributed by atoms with Crippen LogP contribution in [0, 0.1) is 5.82 Å². The SMILES string of the molecule is CCN(C(=O)c1ccc(/C=N/OC)cc1)c1ccc(F)cc1. The molecule has 0 aliphatic rings. The minimum Gasteiger partial charge on any atom is -0.399 e. The van der Waals surface area contributed by atoms with Crippen LogP contribution in [0.15, 0.2) is 53.7 Å². The van der Waals surface area contributed by atoms with Crippen molar-refractivity contribution in [2.24, 2.45) is 5.16 Å². The summed E-state index contributed by atoms with van der Waals surface area (Å²) in [5, 5.41) is 3.67. The summed E-state index contributed by atoms with van der Waals surface area (Å²) in [6, 6.07) is 12.9. The smallest absolute Gasteiger partial charge is 0.258 e. The summed E-state index contributed by atoms with van der Waals surface area (Å²) in [6.45, 7) is 2.37. The minimum atomic E-state index is -0.325. The van der Waals surface area contributed by atoms with Gasteiger partial charge >= 0.3 is 0 Å². The van der Waals surface area contributed by atoms with Crippen LogP contribution in [0.25, 0.3) is 0 Å². The van der Waals surface area contributed by atoms with Gasteiger partial charge in [0.15, 0.2) is 0 Å². The van der Waals surface area contributed by atoms with Crippen molar-refractivity contribution in [2.75, 3.05) is 18.6 Å². The third-order valence-electron chi connectivity index (χ3n) is 3.16. The van der Waals surface area contributed by atoms with Gasteiger partial charge in [-0.3, -0.25) is 4.79 Å². The van der Waals surface area contributed by atoms with Crippen LogP contribution in [0.5, 0.6) is 0 Å². The molecule has 0 aliphatic carbocycles. The zero-order chi connectivity index (χ0) is 15.9. The van der Waals surface area contributed by atoms with Gasteiger partial charge in [0.05, 0.1) is 6.21 Å². The van der Waals surface area contributed by atoms with Gasteiger partial charge in [0.2, 0.25) is 0 Å². The van der Waals surface area contributed by atoms with Gasteiger partial charge in [-0.25, -0.2) is 4.39 Å². The Morgan fingerprint density at radius 2 is 1.82 bits per heavy atom. The van der Waals surface area contributed by atoms with Crippen molar-refractivity contribution in [3.8, 4) is 0 Å². The number of halogens is 1. The highest BCUT2D eigenvalue weighted by Crippen LogP contribution is 2.18. The highest BCUT2D eigenvalue weighted by atomic mass is 19.1. The molecule has 0 saturated carbocycles. The monoisotopic (exact) mass is 300 g/mol. The van der Waals surface area contributed by atoms with Crippen molar-refractivity contribution in [1.82, 2.24) is 0 Å². The Kier molecular flexibility index (Phi) is 5.25. The predicted molar refractivity (Wildman–Crippen MR) is 84.8 cm³/mol. The first-order valence-electron chi connectivity index (χ1n) is 6.89. The largest absolute Gasteiger partial charge is 0.399 e. The van der Waals surface area contributed by atoms with Gasteiger partial charge in [-0.05, 0) is 48.9 Å². The second-order valence-electron chi connectivity index (χ2n) is 4.56. The maximum absolute atomic E-state index is 13.0. The fraction of sp³-hybridized carbons (Fsp3) is 0.176. The van der Waals surface area contributed by atoms with E-state index in [1.54, 1.807) is 47.5 Å². The summed E-state index contributed by atoms with van der Waals surface area (Å²) in [5.41, 5.74) is 2.06. The second kappa shape index (κ2) is 7.36. The molecule has 0 N–H and O–H groups in total. The lowest BCUT2D eigenvalue weighted by molar-refractivity contribution is 0.0988. The molecule has 5 heteroatoms. The van der Waals surface area contributed by atoms with Gasteiger partial charge in [0.25, 0.3) is 5.91 Å². The summed E-state index contributed by atoms with van der Waals surface area (Å²) in [4.78, 5) is 18.8. The third-order valence-corrected chi connectivity index (χ3v) is 3.16. The molecule has 0 heterocycles. The van der Waals surface area contributed by atoms with E-state index in [4.69, 9.17) is 0 Å². The zero-order valence-corrected chi connectivity index (χ0v) is 12.5. The number of benzene rings is 2. The van der Waals surface area contributed by atoms with E-state index >= 15 is 0 Å². The number of rotatable bonds is 5. The van der Waals surface area contributed by atoms with Crippen LogP contribution >= 0.6 is 0 Å². The van der Waals surface area contributed by atoms with Crippen molar-refractivity contribution in [3.05, 3.63) is 65.5 Å². The van der Waals surface area contributed by atoms with Gasteiger partial charge in [-0.2, -0.15) is 0 Å². The molecular formula is C17H17FN2O2. The zero-order valence-electron chi connectivity index (χ0n) is 12.5. The van der Waals surface area contributed by atoms with Crippen LogP contribution in [-0.4, -0.2) is 25.8 Å². The van der Waals surface area contributed by atoms with Crippen molar-refractivity contribution in [1.29, 1.82) is 0 Å². The Hall–Kier alpha value is -2.69. The molecule has 0 aliphatic heterocycles. The van der Waals surface area contributed by atoms with Crippen molar-refractivity contribution < 1.29 is 14.0 Å². The molecule has 4 nitrogen and oxygen atoms in total. The highest BCUT2D eigenvalue weighted by Gasteiger charge is 2.15. The molecule has 0 bridgehead atoms. The fourth-order valence-corrected chi connectivity index (χ4v) is 2.05. The first-order valence-corrected chi connectivity index (χ1v) is 6.89. The van der Waals surface area contributed by atoms with Gasteiger partial charge in [0, 0.05) is 17.8 Å². The lowest BCUT2D eigenvalue weighted by atomic mass is 10.1. The number of hydrogen-bond acceptors (Lipinski definition) is 3. The molecule has 0 radical (unpaired) electrons. The molecule has 22 heavy (non-hydrogen) atoms. The maximum Gasteiger partial charge on any atom is 0.258 e. The predicted octanol–water partition coefficient (Wildman–Crippen LogP) is 3.47. The average Bonchev–Trinajstić information content (AvgIpc) is 2.55. The third kappa shape index (κ3) is 3.69. The molecular weight excluding hydrogens is 283 g/mol. The van der Waals surface area contributed by atoms with Crippen molar-refractivity contribution in [2.45, 2.75) is 6.92 Å². The molecule has 0 aromatic heterocycles. The molecule has 0 unspecified atom stereocenters. The Morgan fingerprint density at radius 3 is 2.36 bits per heavy atom. The van der Waals surface area contributed by atoms with E-state index in [1.165, 1.54) is 19.2 Å². The summed E-state index contributed by atoms with van der Waals surface area (Å²) in [5.74, 6) is -0.460. The van der Waals surface area contributed by atoms with E-state index in [0.717, 1.165) is 5.56 Å². The van der Waals surface area contributed by atoms with Crippen LogP contribution in [0.2, 0.25) is 0 Å². The first kappa shape index (κ1) is 15.7. The van der Waals surface area contributed by atoms with Crippen LogP contribution in [-0.2, 0) is 4.84 Å². The molecule has 0 fully saturated rings. The van der Waals surface area contributed by atoms with Gasteiger partial charge in [-0.1, -0.05) is 17.3 Å². The fourth-order valence-electron chi connectivity index (χ4n) is 2.05. The number of carbonyl (C=O) groups is 1. The van der Waals surface area contributed by atoms with E-state index in [-0.39, 0.29) is 11.7 Å². The van der Waals surface area contributed by atoms with Crippen LogP contribution in [0.4, 0.5) is 10.1 Å². The Balaban J connectivity index is 2.21. The molecule has 1 amide bonds. The highest BCUT2D eigenvalue weighted by molar-refractivity contribution is 6.06. The summed E-state index contributed by atoms with van der Waals surface area (Å²) in [7, 11) is 1.47. The van der Waals surface area contributed by atoms with E-state index in [1.807, 2.05) is 6.92 Å². The molecule has 0 atom stereocenters. The van der Waals surface area contributed by atoms with Crippen LogP contribution < -0.4 is 4.90 Å². The van der Waals surface area contributed by atoms with E-state index in [0.29, 0.717) is 17.8 Å². The Labute approximate surface area is 128 Å².